The third kappa shape index (κ3) is 11.1. The molecule has 0 aliphatic rings. The van der Waals surface area contributed by atoms with E-state index in [1.54, 1.807) is 20.8 Å². The Balaban J connectivity index is 5.52. The Morgan fingerprint density at radius 3 is 1.65 bits per heavy atom. The summed E-state index contributed by atoms with van der Waals surface area (Å²) in [7, 11) is 0. The molecule has 0 bridgehead atoms. The lowest BCUT2D eigenvalue weighted by molar-refractivity contribution is -0.143. The molecule has 8 atom stereocenters. The van der Waals surface area contributed by atoms with E-state index in [9.17, 15) is 33.9 Å². The molecule has 14 heteroatoms. The van der Waals surface area contributed by atoms with Crippen LogP contribution in [0.15, 0.2) is 0 Å². The van der Waals surface area contributed by atoms with E-state index in [0.29, 0.717) is 12.8 Å². The van der Waals surface area contributed by atoms with Gasteiger partial charge in [0.1, 0.15) is 24.2 Å². The second-order valence-electron chi connectivity index (χ2n) is 9.31. The average molecular weight is 531 g/mol. The first-order valence-electron chi connectivity index (χ1n) is 12.2. The van der Waals surface area contributed by atoms with Crippen molar-refractivity contribution in [2.75, 3.05) is 0 Å². The first kappa shape index (κ1) is 33.7. The van der Waals surface area contributed by atoms with Crippen LogP contribution in [0.1, 0.15) is 60.8 Å². The number of nitrogens with one attached hydrogen (secondary N) is 4. The molecule has 0 aliphatic carbocycles. The number of nitrogens with two attached hydrogens (primary N) is 2. The van der Waals surface area contributed by atoms with Crippen molar-refractivity contribution in [2.45, 2.75) is 97.1 Å². The molecule has 0 spiro atoms. The molecule has 0 aromatic rings. The van der Waals surface area contributed by atoms with Gasteiger partial charge in [0.15, 0.2) is 0 Å². The molecule has 10 N–H and O–H groups in total. The number of hydrogen-bond acceptors (Lipinski definition) is 8. The minimum atomic E-state index is -1.58. The number of hydrogen-bond donors (Lipinski definition) is 8. The highest BCUT2D eigenvalue weighted by molar-refractivity contribution is 5.96. The summed E-state index contributed by atoms with van der Waals surface area (Å²) in [6.07, 6.45) is -0.877. The van der Waals surface area contributed by atoms with Gasteiger partial charge in [0.05, 0.1) is 18.6 Å². The smallest absolute Gasteiger partial charge is 0.326 e. The normalized spacial score (nSPS) is 17.5. The average Bonchev–Trinajstić information content (AvgIpc) is 2.82. The molecule has 0 aromatic carbocycles. The monoisotopic (exact) mass is 530 g/mol. The van der Waals surface area contributed by atoms with Crippen molar-refractivity contribution in [1.82, 2.24) is 21.3 Å². The Labute approximate surface area is 216 Å². The van der Waals surface area contributed by atoms with Gasteiger partial charge in [-0.2, -0.15) is 0 Å². The lowest BCUT2D eigenvalue weighted by Crippen LogP contribution is -2.61. The highest BCUT2D eigenvalue weighted by Crippen LogP contribution is 2.11. The van der Waals surface area contributed by atoms with Crippen LogP contribution in [-0.4, -0.2) is 82.0 Å². The fourth-order valence-electron chi connectivity index (χ4n) is 3.18. The number of aliphatic hydroxyl groups excluding tert-OH is 1. The van der Waals surface area contributed by atoms with Crippen LogP contribution in [0.3, 0.4) is 0 Å². The number of carbonyl (C=O) groups excluding carboxylic acids is 5. The molecule has 212 valence electrons. The zero-order valence-electron chi connectivity index (χ0n) is 22.2. The van der Waals surface area contributed by atoms with Gasteiger partial charge >= 0.3 is 5.97 Å². The maximum Gasteiger partial charge on any atom is 0.326 e. The summed E-state index contributed by atoms with van der Waals surface area (Å²) in [5, 5.41) is 28.7. The van der Waals surface area contributed by atoms with E-state index in [-0.39, 0.29) is 5.92 Å². The standard InChI is InChI=1S/C23H42N6O8/c1-7-10(3)16(25)20(33)29-18(13(6)30)22(35)28-17(11(4)8-2)21(34)26-12(5)19(32)27-14(23(36)37)9-15(24)31/h10-14,16-18,30H,7-9,25H2,1-6H3,(H2,24,31)(H,26,34)(H,27,32)(H,28,35)(H,29,33)(H,36,37)/t10-,11-,12-,13+,14-,16-,17-,18-/m0/s1. The van der Waals surface area contributed by atoms with Gasteiger partial charge in [0.25, 0.3) is 0 Å². The summed E-state index contributed by atoms with van der Waals surface area (Å²) in [6.45, 7) is 9.67. The van der Waals surface area contributed by atoms with E-state index in [2.05, 4.69) is 21.3 Å². The van der Waals surface area contributed by atoms with Crippen LogP contribution in [0.25, 0.3) is 0 Å². The third-order valence-electron chi connectivity index (χ3n) is 6.19. The molecular formula is C23H42N6O8. The van der Waals surface area contributed by atoms with Gasteiger partial charge in [-0.1, -0.05) is 40.5 Å². The van der Waals surface area contributed by atoms with E-state index in [4.69, 9.17) is 16.6 Å². The molecule has 0 saturated heterocycles. The molecule has 0 aliphatic heterocycles. The Morgan fingerprint density at radius 2 is 1.22 bits per heavy atom. The summed E-state index contributed by atoms with van der Waals surface area (Å²) in [5.41, 5.74) is 10.9. The number of carboxylic acids is 1. The molecule has 0 fully saturated rings. The van der Waals surface area contributed by atoms with Gasteiger partial charge in [-0.3, -0.25) is 24.0 Å². The predicted molar refractivity (Wildman–Crippen MR) is 133 cm³/mol. The summed E-state index contributed by atoms with van der Waals surface area (Å²) in [6, 6.07) is -6.27. The maximum atomic E-state index is 13.0. The Kier molecular flexibility index (Phi) is 14.4. The highest BCUT2D eigenvalue weighted by atomic mass is 16.4. The number of primary amides is 1. The maximum absolute atomic E-state index is 13.0. The fraction of sp³-hybridized carbons (Fsp3) is 0.739. The van der Waals surface area contributed by atoms with Crippen molar-refractivity contribution in [1.29, 1.82) is 0 Å². The van der Waals surface area contributed by atoms with Crippen molar-refractivity contribution >= 4 is 35.5 Å². The number of carbonyl (C=O) groups is 6. The van der Waals surface area contributed by atoms with Gasteiger partial charge in [-0.05, 0) is 25.7 Å². The van der Waals surface area contributed by atoms with E-state index >= 15 is 0 Å². The Bertz CT molecular complexity index is 836. The Hall–Kier alpha value is -3.26. The largest absolute Gasteiger partial charge is 0.480 e. The van der Waals surface area contributed by atoms with Gasteiger partial charge in [0.2, 0.25) is 29.5 Å². The SMILES string of the molecule is CC[C@H](C)[C@H](N)C(=O)N[C@H](C(=O)N[C@H](C(=O)N[C@@H](C)C(=O)N[C@@H](CC(N)=O)C(=O)O)[C@@H](C)CC)[C@@H](C)O. The molecule has 0 rings (SSSR count). The van der Waals surface area contributed by atoms with Crippen LogP contribution in [0.5, 0.6) is 0 Å². The van der Waals surface area contributed by atoms with E-state index in [1.807, 2.05) is 6.92 Å². The molecular weight excluding hydrogens is 488 g/mol. The van der Waals surface area contributed by atoms with Crippen LogP contribution < -0.4 is 32.7 Å². The van der Waals surface area contributed by atoms with Gasteiger partial charge in [0, 0.05) is 0 Å². The van der Waals surface area contributed by atoms with Crippen molar-refractivity contribution in [3.05, 3.63) is 0 Å². The zero-order valence-corrected chi connectivity index (χ0v) is 22.2. The van der Waals surface area contributed by atoms with E-state index in [1.165, 1.54) is 13.8 Å². The number of carboxylic acid groups (broad SMARTS) is 1. The second kappa shape index (κ2) is 15.8. The minimum absolute atomic E-state index is 0.173. The first-order chi connectivity index (χ1) is 17.1. The van der Waals surface area contributed by atoms with Crippen LogP contribution in [0.2, 0.25) is 0 Å². The summed E-state index contributed by atoms with van der Waals surface area (Å²) in [5.74, 6) is -6.10. The van der Waals surface area contributed by atoms with Crippen LogP contribution in [0, 0.1) is 11.8 Å². The summed E-state index contributed by atoms with van der Waals surface area (Å²) >= 11 is 0. The van der Waals surface area contributed by atoms with Crippen LogP contribution in [-0.2, 0) is 28.8 Å². The third-order valence-corrected chi connectivity index (χ3v) is 6.19. The molecule has 37 heavy (non-hydrogen) atoms. The number of aliphatic hydroxyl groups is 1. The predicted octanol–water partition coefficient (Wildman–Crippen LogP) is -2.29. The zero-order chi connectivity index (χ0) is 29.0. The summed E-state index contributed by atoms with van der Waals surface area (Å²) in [4.78, 5) is 73.1. The van der Waals surface area contributed by atoms with Gasteiger partial charge < -0.3 is 42.9 Å². The van der Waals surface area contributed by atoms with Crippen molar-refractivity contribution in [3.8, 4) is 0 Å². The fourth-order valence-corrected chi connectivity index (χ4v) is 3.18. The topological polar surface area (TPSA) is 243 Å². The molecule has 0 saturated carbocycles. The molecule has 0 aromatic heterocycles. The van der Waals surface area contributed by atoms with Crippen molar-refractivity contribution in [3.63, 3.8) is 0 Å². The van der Waals surface area contributed by atoms with Crippen LogP contribution >= 0.6 is 0 Å². The van der Waals surface area contributed by atoms with Gasteiger partial charge in [-0.15, -0.1) is 0 Å². The molecule has 0 radical (unpaired) electrons. The second-order valence-corrected chi connectivity index (χ2v) is 9.31. The molecule has 5 amide bonds. The lowest BCUT2D eigenvalue weighted by atomic mass is 9.96. The van der Waals surface area contributed by atoms with Gasteiger partial charge in [-0.25, -0.2) is 4.79 Å². The molecule has 14 nitrogen and oxygen atoms in total. The van der Waals surface area contributed by atoms with Crippen molar-refractivity contribution in [2.24, 2.45) is 23.3 Å². The number of rotatable bonds is 16. The molecule has 0 unspecified atom stereocenters. The molecule has 0 heterocycles. The highest BCUT2D eigenvalue weighted by Gasteiger charge is 2.34. The number of amides is 5. The van der Waals surface area contributed by atoms with Crippen LogP contribution in [0.4, 0.5) is 0 Å². The lowest BCUT2D eigenvalue weighted by Gasteiger charge is -2.29. The minimum Gasteiger partial charge on any atom is -0.480 e. The summed E-state index contributed by atoms with van der Waals surface area (Å²) < 4.78 is 0. The Morgan fingerprint density at radius 1 is 0.730 bits per heavy atom. The number of aliphatic carboxylic acids is 1. The quantitative estimate of drug-likeness (QED) is 0.107. The van der Waals surface area contributed by atoms with Crippen molar-refractivity contribution < 1.29 is 39.0 Å². The van der Waals surface area contributed by atoms with E-state index < -0.39 is 84.2 Å². The van der Waals surface area contributed by atoms with E-state index in [0.717, 1.165) is 0 Å². The first-order valence-corrected chi connectivity index (χ1v) is 12.2.